The summed E-state index contributed by atoms with van der Waals surface area (Å²) in [6.45, 7) is 8.88. The van der Waals surface area contributed by atoms with Crippen LogP contribution in [0.1, 0.15) is 35.3 Å². The van der Waals surface area contributed by atoms with Gasteiger partial charge < -0.3 is 40.8 Å². The number of pyridine rings is 1. The van der Waals surface area contributed by atoms with Crippen LogP contribution in [0.3, 0.4) is 0 Å². The Morgan fingerprint density at radius 1 is 1.08 bits per heavy atom. The second-order valence-corrected chi connectivity index (χ2v) is 11.0. The molecule has 248 valence electrons. The number of fused-ring (bicyclic) bond motifs is 1. The second kappa shape index (κ2) is 13.6. The number of aromatic nitrogens is 3. The number of hydrogen-bond acceptors (Lipinski definition) is 11. The van der Waals surface area contributed by atoms with Crippen LogP contribution in [0.15, 0.2) is 61.3 Å². The lowest BCUT2D eigenvalue weighted by molar-refractivity contribution is -0.129. The third-order valence-electron chi connectivity index (χ3n) is 7.22. The van der Waals surface area contributed by atoms with Crippen molar-refractivity contribution in [3.05, 3.63) is 83.8 Å². The normalized spacial score (nSPS) is 12.8. The minimum atomic E-state index is -1.07. The highest BCUT2D eigenvalue weighted by Crippen LogP contribution is 2.38. The van der Waals surface area contributed by atoms with E-state index in [1.54, 1.807) is 44.2 Å². The number of nitrogens with zero attached hydrogens (tertiary/aromatic N) is 3. The smallest absolute Gasteiger partial charge is 0.269 e. The zero-order valence-corrected chi connectivity index (χ0v) is 26.8. The average molecular weight is 657 g/mol. The van der Waals surface area contributed by atoms with E-state index in [-0.39, 0.29) is 58.0 Å². The first-order valence-electron chi connectivity index (χ1n) is 14.6. The highest BCUT2D eigenvalue weighted by molar-refractivity contribution is 6.06. The van der Waals surface area contributed by atoms with Crippen molar-refractivity contribution < 1.29 is 33.0 Å². The molecule has 48 heavy (non-hydrogen) atoms. The van der Waals surface area contributed by atoms with Gasteiger partial charge in [-0.05, 0) is 74.4 Å². The fraction of sp³-hybridized carbons (Fsp3) is 0.212. The first kappa shape index (κ1) is 33.1. The first-order valence-corrected chi connectivity index (χ1v) is 14.6. The van der Waals surface area contributed by atoms with Crippen LogP contribution in [-0.2, 0) is 16.1 Å². The Morgan fingerprint density at radius 3 is 2.58 bits per heavy atom. The molecule has 5 rings (SSSR count). The van der Waals surface area contributed by atoms with Crippen LogP contribution in [0.5, 0.6) is 17.2 Å². The molecule has 0 fully saturated rings. The average Bonchev–Trinajstić information content (AvgIpc) is 3.05. The predicted octanol–water partition coefficient (Wildman–Crippen LogP) is 4.99. The van der Waals surface area contributed by atoms with Crippen molar-refractivity contribution in [1.29, 1.82) is 0 Å². The number of methoxy groups -OCH3 is 2. The van der Waals surface area contributed by atoms with E-state index in [1.165, 1.54) is 32.4 Å². The first-order chi connectivity index (χ1) is 22.9. The molecule has 0 saturated carbocycles. The Labute approximate surface area is 275 Å². The van der Waals surface area contributed by atoms with Crippen LogP contribution in [0.4, 0.5) is 39.2 Å². The molecule has 0 radical (unpaired) electrons. The maximum absolute atomic E-state index is 14.8. The molecule has 0 spiro atoms. The van der Waals surface area contributed by atoms with Crippen molar-refractivity contribution >= 4 is 52.5 Å². The molecular formula is C33H33FN8O6. The molecular weight excluding hydrogens is 623 g/mol. The highest BCUT2D eigenvalue weighted by atomic mass is 19.1. The van der Waals surface area contributed by atoms with Gasteiger partial charge in [0, 0.05) is 17.8 Å². The fourth-order valence-electron chi connectivity index (χ4n) is 4.64. The van der Waals surface area contributed by atoms with Crippen LogP contribution < -0.4 is 40.8 Å². The van der Waals surface area contributed by atoms with E-state index in [4.69, 9.17) is 14.2 Å². The number of hydrogen-bond donors (Lipinski definition) is 5. The van der Waals surface area contributed by atoms with E-state index in [9.17, 15) is 18.8 Å². The Morgan fingerprint density at radius 2 is 1.88 bits per heavy atom. The van der Waals surface area contributed by atoms with Crippen LogP contribution in [0.25, 0.3) is 0 Å². The minimum Gasteiger partial charge on any atom is -0.493 e. The van der Waals surface area contributed by atoms with Crippen LogP contribution in [0, 0.1) is 12.7 Å². The Balaban J connectivity index is 1.36. The number of amides is 3. The lowest BCUT2D eigenvalue weighted by atomic mass is 10.1. The Bertz CT molecular complexity index is 1930. The monoisotopic (exact) mass is 656 g/mol. The third kappa shape index (κ3) is 7.25. The number of carbonyl (C=O) groups excluding carboxylic acids is 3. The number of carbonyl (C=O) groups is 3. The minimum absolute atomic E-state index is 0.0390. The zero-order valence-electron chi connectivity index (χ0n) is 26.8. The summed E-state index contributed by atoms with van der Waals surface area (Å²) in [6, 6.07) is 11.5. The molecule has 1 aliphatic heterocycles. The zero-order chi connectivity index (χ0) is 34.6. The topological polar surface area (TPSA) is 178 Å². The number of benzene rings is 2. The van der Waals surface area contributed by atoms with Gasteiger partial charge >= 0.3 is 0 Å². The van der Waals surface area contributed by atoms with E-state index in [0.717, 1.165) is 17.3 Å². The third-order valence-corrected chi connectivity index (χ3v) is 7.22. The lowest BCUT2D eigenvalue weighted by Gasteiger charge is -2.30. The summed E-state index contributed by atoms with van der Waals surface area (Å²) in [4.78, 5) is 49.8. The maximum Gasteiger partial charge on any atom is 0.269 e. The quantitative estimate of drug-likeness (QED) is 0.137. The summed E-state index contributed by atoms with van der Waals surface area (Å²) >= 11 is 0. The van der Waals surface area contributed by atoms with Gasteiger partial charge in [0.05, 0.1) is 26.1 Å². The molecule has 14 nitrogen and oxygen atoms in total. The van der Waals surface area contributed by atoms with E-state index < -0.39 is 17.3 Å². The van der Waals surface area contributed by atoms with Gasteiger partial charge in [-0.25, -0.2) is 14.4 Å². The van der Waals surface area contributed by atoms with Gasteiger partial charge in [-0.2, -0.15) is 4.98 Å². The largest absolute Gasteiger partial charge is 0.493 e. The molecule has 3 heterocycles. The van der Waals surface area contributed by atoms with Crippen molar-refractivity contribution in [3.8, 4) is 17.2 Å². The van der Waals surface area contributed by atoms with E-state index >= 15 is 0 Å². The van der Waals surface area contributed by atoms with Gasteiger partial charge in [0.1, 0.15) is 5.82 Å². The number of halogens is 1. The number of aryl methyl sites for hydroxylation is 1. The van der Waals surface area contributed by atoms with Crippen LogP contribution >= 0.6 is 0 Å². The van der Waals surface area contributed by atoms with Gasteiger partial charge in [-0.3, -0.25) is 14.4 Å². The number of anilines is 6. The van der Waals surface area contributed by atoms with Gasteiger partial charge in [0.25, 0.3) is 11.8 Å². The molecule has 1 aliphatic rings. The lowest BCUT2D eigenvalue weighted by Crippen LogP contribution is -2.46. The molecule has 0 saturated heterocycles. The summed E-state index contributed by atoms with van der Waals surface area (Å²) in [6.07, 6.45) is 2.15. The summed E-state index contributed by atoms with van der Waals surface area (Å²) in [5.74, 6) is -0.942. The molecule has 5 N–H and O–H groups in total. The van der Waals surface area contributed by atoms with Crippen molar-refractivity contribution in [2.75, 3.05) is 35.5 Å². The van der Waals surface area contributed by atoms with Crippen molar-refractivity contribution in [3.63, 3.8) is 0 Å². The Hall–Kier alpha value is -6.25. The molecule has 0 unspecified atom stereocenters. The summed E-state index contributed by atoms with van der Waals surface area (Å²) in [7, 11) is 2.85. The van der Waals surface area contributed by atoms with Gasteiger partial charge in [-0.15, -0.1) is 0 Å². The van der Waals surface area contributed by atoms with Gasteiger partial charge in [0.15, 0.2) is 40.3 Å². The molecule has 2 aromatic heterocycles. The van der Waals surface area contributed by atoms with E-state index in [2.05, 4.69) is 48.1 Å². The number of rotatable bonds is 11. The predicted molar refractivity (Wildman–Crippen MR) is 177 cm³/mol. The molecule has 0 atom stereocenters. The van der Waals surface area contributed by atoms with Crippen LogP contribution in [-0.4, -0.2) is 52.5 Å². The van der Waals surface area contributed by atoms with E-state index in [0.29, 0.717) is 18.0 Å². The standard InChI is InChI=1S/C33H33FN8O6/c1-7-26(43)35-15-18-8-9-20(12-17(18)2)37-30(44)19-13-22(27(47-6)24(14-19)46-5)38-32-36-16-21(34)28(42-32)39-25-11-10-23-29(40-25)41-31(45)33(3,4)48-23/h7-14,16H,1,15H2,2-6H3,(H,35,43)(H,37,44)(H3,36,38,39,40,41,42,45). The fourth-order valence-corrected chi connectivity index (χ4v) is 4.64. The second-order valence-electron chi connectivity index (χ2n) is 11.0. The SMILES string of the molecule is C=CC(=O)NCc1ccc(NC(=O)c2cc(Nc3ncc(F)c(Nc4ccc5c(n4)NC(=O)C(C)(C)O5)n3)c(OC)c(OC)c2)cc1C. The molecule has 0 bridgehead atoms. The molecule has 3 amide bonds. The van der Waals surface area contributed by atoms with Gasteiger partial charge in [0.2, 0.25) is 11.9 Å². The highest BCUT2D eigenvalue weighted by Gasteiger charge is 2.36. The maximum atomic E-state index is 14.8. The van der Waals surface area contributed by atoms with E-state index in [1.807, 2.05) is 6.92 Å². The molecule has 15 heteroatoms. The molecule has 2 aromatic carbocycles. The molecule has 4 aromatic rings. The summed E-state index contributed by atoms with van der Waals surface area (Å²) in [5.41, 5.74) is 1.67. The number of ether oxygens (including phenoxy) is 3. The van der Waals surface area contributed by atoms with Crippen LogP contribution in [0.2, 0.25) is 0 Å². The van der Waals surface area contributed by atoms with Crippen molar-refractivity contribution in [1.82, 2.24) is 20.3 Å². The van der Waals surface area contributed by atoms with Crippen molar-refractivity contribution in [2.24, 2.45) is 0 Å². The van der Waals surface area contributed by atoms with Gasteiger partial charge in [-0.1, -0.05) is 12.6 Å². The Kier molecular flexibility index (Phi) is 9.40. The van der Waals surface area contributed by atoms with Crippen molar-refractivity contribution in [2.45, 2.75) is 32.9 Å². The number of nitrogens with one attached hydrogen (secondary N) is 5. The summed E-state index contributed by atoms with van der Waals surface area (Å²) in [5, 5.41) is 14.0. The molecule has 0 aliphatic carbocycles. The summed E-state index contributed by atoms with van der Waals surface area (Å²) < 4.78 is 31.6.